The Kier molecular flexibility index (Phi) is 5.26. The highest BCUT2D eigenvalue weighted by Gasteiger charge is 2.15. The van der Waals surface area contributed by atoms with E-state index in [-0.39, 0.29) is 17.9 Å². The van der Waals surface area contributed by atoms with Gasteiger partial charge in [-0.15, -0.1) is 11.3 Å². The normalized spacial score (nSPS) is 13.7. The highest BCUT2D eigenvalue weighted by Crippen LogP contribution is 2.27. The molecule has 3 N–H and O–H groups in total. The summed E-state index contributed by atoms with van der Waals surface area (Å²) >= 11 is 7.41. The number of benzene rings is 1. The number of anilines is 1. The third-order valence-electron chi connectivity index (χ3n) is 3.40. The highest BCUT2D eigenvalue weighted by molar-refractivity contribution is 7.16. The second-order valence-electron chi connectivity index (χ2n) is 5.20. The van der Waals surface area contributed by atoms with E-state index in [1.54, 1.807) is 0 Å². The zero-order valence-electron chi connectivity index (χ0n) is 12.1. The van der Waals surface area contributed by atoms with E-state index in [1.807, 2.05) is 50.2 Å². The van der Waals surface area contributed by atoms with Crippen LogP contribution >= 0.6 is 22.9 Å². The molecule has 1 amide bonds. The van der Waals surface area contributed by atoms with Crippen molar-refractivity contribution in [1.29, 1.82) is 0 Å². The van der Waals surface area contributed by atoms with Gasteiger partial charge in [-0.05, 0) is 42.7 Å². The lowest BCUT2D eigenvalue weighted by molar-refractivity contribution is -0.122. The number of amides is 1. The molecule has 0 aliphatic carbocycles. The molecule has 112 valence electrons. The summed E-state index contributed by atoms with van der Waals surface area (Å²) in [5.41, 5.74) is 7.52. The zero-order valence-corrected chi connectivity index (χ0v) is 13.7. The maximum atomic E-state index is 12.1. The molecule has 0 aliphatic rings. The number of carbonyl (C=O) groups excluding carboxylic acids is 1. The van der Waals surface area contributed by atoms with Crippen molar-refractivity contribution in [3.05, 3.63) is 51.2 Å². The smallest absolute Gasteiger partial charge is 0.221 e. The van der Waals surface area contributed by atoms with Crippen LogP contribution in [0.1, 0.15) is 42.7 Å². The molecule has 1 aromatic carbocycles. The van der Waals surface area contributed by atoms with Gasteiger partial charge in [0.05, 0.1) is 10.4 Å². The minimum Gasteiger partial charge on any atom is -0.399 e. The fraction of sp³-hybridized carbons (Fsp3) is 0.312. The van der Waals surface area contributed by atoms with Gasteiger partial charge in [-0.25, -0.2) is 0 Å². The van der Waals surface area contributed by atoms with Crippen LogP contribution in [-0.4, -0.2) is 5.91 Å². The first-order valence-corrected chi connectivity index (χ1v) is 8.05. The van der Waals surface area contributed by atoms with Crippen LogP contribution in [-0.2, 0) is 4.79 Å². The van der Waals surface area contributed by atoms with Gasteiger partial charge in [0.1, 0.15) is 0 Å². The molecule has 0 fully saturated rings. The fourth-order valence-corrected chi connectivity index (χ4v) is 3.22. The summed E-state index contributed by atoms with van der Waals surface area (Å²) in [5, 5.41) is 3.01. The van der Waals surface area contributed by atoms with Crippen molar-refractivity contribution in [1.82, 2.24) is 5.32 Å². The average Bonchev–Trinajstić information content (AvgIpc) is 2.86. The van der Waals surface area contributed by atoms with Crippen molar-refractivity contribution in [2.75, 3.05) is 5.73 Å². The lowest BCUT2D eigenvalue weighted by atomic mass is 9.97. The molecule has 0 saturated carbocycles. The number of hydrogen-bond acceptors (Lipinski definition) is 3. The van der Waals surface area contributed by atoms with E-state index in [0.29, 0.717) is 6.42 Å². The van der Waals surface area contributed by atoms with Crippen LogP contribution in [0.5, 0.6) is 0 Å². The number of halogens is 1. The number of carbonyl (C=O) groups is 1. The van der Waals surface area contributed by atoms with Crippen molar-refractivity contribution in [2.24, 2.45) is 0 Å². The monoisotopic (exact) mass is 322 g/mol. The molecule has 0 aliphatic heterocycles. The number of nitrogen functional groups attached to an aromatic ring is 1. The van der Waals surface area contributed by atoms with E-state index < -0.39 is 0 Å². The maximum Gasteiger partial charge on any atom is 0.221 e. The number of hydrogen-bond donors (Lipinski definition) is 2. The minimum atomic E-state index is -0.0198. The van der Waals surface area contributed by atoms with Gasteiger partial charge in [0, 0.05) is 17.0 Å². The predicted octanol–water partition coefficient (Wildman–Crippen LogP) is 4.35. The largest absolute Gasteiger partial charge is 0.399 e. The number of thiophene rings is 1. The molecule has 2 rings (SSSR count). The van der Waals surface area contributed by atoms with Gasteiger partial charge < -0.3 is 11.1 Å². The number of rotatable bonds is 5. The van der Waals surface area contributed by atoms with Crippen molar-refractivity contribution >= 4 is 34.5 Å². The molecular weight excluding hydrogens is 304 g/mol. The van der Waals surface area contributed by atoms with Crippen LogP contribution in [0.4, 0.5) is 5.69 Å². The third-order valence-corrected chi connectivity index (χ3v) is 4.81. The molecule has 3 nitrogen and oxygen atoms in total. The summed E-state index contributed by atoms with van der Waals surface area (Å²) in [6.07, 6.45) is 0.452. The van der Waals surface area contributed by atoms with E-state index in [1.165, 1.54) is 11.3 Å². The van der Waals surface area contributed by atoms with Crippen molar-refractivity contribution in [3.63, 3.8) is 0 Å². The first-order chi connectivity index (χ1) is 9.95. The van der Waals surface area contributed by atoms with Crippen LogP contribution in [0.15, 0.2) is 36.4 Å². The molecule has 2 unspecified atom stereocenters. The van der Waals surface area contributed by atoms with Gasteiger partial charge in [0.15, 0.2) is 0 Å². The summed E-state index contributed by atoms with van der Waals surface area (Å²) in [6, 6.07) is 11.4. The number of nitrogens with one attached hydrogen (secondary N) is 1. The Bertz CT molecular complexity index is 609. The first kappa shape index (κ1) is 15.9. The molecular formula is C16H19ClN2OS. The number of nitrogens with two attached hydrogens (primary N) is 1. The molecule has 1 heterocycles. The van der Waals surface area contributed by atoms with Gasteiger partial charge in [-0.3, -0.25) is 4.79 Å². The van der Waals surface area contributed by atoms with Crippen LogP contribution in [0.3, 0.4) is 0 Å². The minimum absolute atomic E-state index is 0.0198. The van der Waals surface area contributed by atoms with Gasteiger partial charge in [-0.1, -0.05) is 30.7 Å². The molecule has 0 saturated heterocycles. The lowest BCUT2D eigenvalue weighted by Crippen LogP contribution is -2.27. The van der Waals surface area contributed by atoms with Crippen LogP contribution < -0.4 is 11.1 Å². The SMILES string of the molecule is CC(CC(=O)NC(C)c1ccc(Cl)s1)c1ccc(N)cc1. The maximum absolute atomic E-state index is 12.1. The Morgan fingerprint density at radius 3 is 2.48 bits per heavy atom. The first-order valence-electron chi connectivity index (χ1n) is 6.85. The van der Waals surface area contributed by atoms with E-state index in [4.69, 9.17) is 17.3 Å². The highest BCUT2D eigenvalue weighted by atomic mass is 35.5. The van der Waals surface area contributed by atoms with E-state index >= 15 is 0 Å². The molecule has 0 radical (unpaired) electrons. The molecule has 21 heavy (non-hydrogen) atoms. The lowest BCUT2D eigenvalue weighted by Gasteiger charge is -2.15. The van der Waals surface area contributed by atoms with Gasteiger partial charge in [0.25, 0.3) is 0 Å². The summed E-state index contributed by atoms with van der Waals surface area (Å²) in [5.74, 6) is 0.195. The quantitative estimate of drug-likeness (QED) is 0.804. The fourth-order valence-electron chi connectivity index (χ4n) is 2.15. The van der Waals surface area contributed by atoms with Crippen molar-refractivity contribution < 1.29 is 4.79 Å². The van der Waals surface area contributed by atoms with E-state index in [0.717, 1.165) is 20.5 Å². The molecule has 2 atom stereocenters. The Balaban J connectivity index is 1.90. The van der Waals surface area contributed by atoms with Gasteiger partial charge in [-0.2, -0.15) is 0 Å². The molecule has 0 bridgehead atoms. The van der Waals surface area contributed by atoms with Crippen molar-refractivity contribution in [3.8, 4) is 0 Å². The van der Waals surface area contributed by atoms with Crippen LogP contribution in [0.25, 0.3) is 0 Å². The molecule has 2 aromatic rings. The van der Waals surface area contributed by atoms with Crippen LogP contribution in [0.2, 0.25) is 4.34 Å². The Hall–Kier alpha value is -1.52. The summed E-state index contributed by atoms with van der Waals surface area (Å²) in [4.78, 5) is 13.2. The molecule has 1 aromatic heterocycles. The Morgan fingerprint density at radius 2 is 1.90 bits per heavy atom. The predicted molar refractivity (Wildman–Crippen MR) is 89.8 cm³/mol. The Morgan fingerprint density at radius 1 is 1.24 bits per heavy atom. The second-order valence-corrected chi connectivity index (χ2v) is 6.95. The standard InChI is InChI=1S/C16H19ClN2OS/c1-10(12-3-5-13(18)6-4-12)9-16(20)19-11(2)14-7-8-15(17)21-14/h3-8,10-11H,9,18H2,1-2H3,(H,19,20). The summed E-state index contributed by atoms with van der Waals surface area (Å²) in [6.45, 7) is 4.01. The zero-order chi connectivity index (χ0) is 15.4. The topological polar surface area (TPSA) is 55.1 Å². The Labute approximate surface area is 134 Å². The van der Waals surface area contributed by atoms with E-state index in [2.05, 4.69) is 5.32 Å². The van der Waals surface area contributed by atoms with Crippen LogP contribution in [0, 0.1) is 0 Å². The third kappa shape index (κ3) is 4.48. The summed E-state index contributed by atoms with van der Waals surface area (Å²) in [7, 11) is 0. The van der Waals surface area contributed by atoms with Gasteiger partial charge >= 0.3 is 0 Å². The average molecular weight is 323 g/mol. The second kappa shape index (κ2) is 6.96. The van der Waals surface area contributed by atoms with Crippen molar-refractivity contribution in [2.45, 2.75) is 32.2 Å². The summed E-state index contributed by atoms with van der Waals surface area (Å²) < 4.78 is 0.737. The van der Waals surface area contributed by atoms with E-state index in [9.17, 15) is 4.79 Å². The van der Waals surface area contributed by atoms with Gasteiger partial charge in [0.2, 0.25) is 5.91 Å². The molecule has 5 heteroatoms. The molecule has 0 spiro atoms.